The molecule has 1 nitrogen and oxygen atoms in total. The molecule has 2 heteroatoms. The number of aryl methyl sites for hydroxylation is 1. The minimum atomic E-state index is -0.141. The first kappa shape index (κ1) is 14.0. The lowest BCUT2D eigenvalue weighted by atomic mass is 9.80. The molecule has 0 heterocycles. The zero-order valence-corrected chi connectivity index (χ0v) is 12.2. The lowest BCUT2D eigenvalue weighted by Gasteiger charge is -2.30. The maximum absolute atomic E-state index is 10.3. The number of hydrogen-bond acceptors (Lipinski definition) is 2. The summed E-state index contributed by atoms with van der Waals surface area (Å²) < 4.78 is 0. The van der Waals surface area contributed by atoms with Crippen LogP contribution in [0.1, 0.15) is 38.2 Å². The quantitative estimate of drug-likeness (QED) is 0.819. The van der Waals surface area contributed by atoms with Crippen LogP contribution in [-0.4, -0.2) is 17.0 Å². The Labute approximate surface area is 115 Å². The van der Waals surface area contributed by atoms with E-state index in [1.165, 1.54) is 36.1 Å². The van der Waals surface area contributed by atoms with Gasteiger partial charge in [-0.15, -0.1) is 11.8 Å². The maximum Gasteiger partial charge on any atom is 0.0662 e. The molecule has 0 aliphatic heterocycles. The van der Waals surface area contributed by atoms with E-state index in [2.05, 4.69) is 38.1 Å². The van der Waals surface area contributed by atoms with Crippen molar-refractivity contribution in [2.45, 2.75) is 50.5 Å². The molecular formula is C16H24OS. The molecule has 3 unspecified atom stereocenters. The molecule has 1 aromatic rings. The fourth-order valence-corrected chi connectivity index (χ4v) is 3.95. The number of aliphatic hydroxyl groups is 1. The van der Waals surface area contributed by atoms with Crippen molar-refractivity contribution in [3.8, 4) is 0 Å². The van der Waals surface area contributed by atoms with Gasteiger partial charge in [0.1, 0.15) is 0 Å². The standard InChI is InChI=1S/C16H24OS/c1-12-6-5-8-14(10-12)15(17)11-18-16-9-4-3-7-13(16)2/h3-4,7,9,12,14-15,17H,5-6,8,10-11H2,1-2H3. The van der Waals surface area contributed by atoms with E-state index in [1.54, 1.807) is 11.8 Å². The largest absolute Gasteiger partial charge is 0.392 e. The average Bonchev–Trinajstić information content (AvgIpc) is 2.37. The highest BCUT2D eigenvalue weighted by molar-refractivity contribution is 7.99. The summed E-state index contributed by atoms with van der Waals surface area (Å²) in [5, 5.41) is 10.3. The van der Waals surface area contributed by atoms with Crippen LogP contribution in [0.3, 0.4) is 0 Å². The van der Waals surface area contributed by atoms with Gasteiger partial charge in [0, 0.05) is 10.6 Å². The number of thioether (sulfide) groups is 1. The monoisotopic (exact) mass is 264 g/mol. The first-order valence-corrected chi connectivity index (χ1v) is 8.02. The lowest BCUT2D eigenvalue weighted by Crippen LogP contribution is -2.27. The molecule has 0 amide bonds. The Hall–Kier alpha value is -0.470. The van der Waals surface area contributed by atoms with Crippen LogP contribution in [0.5, 0.6) is 0 Å². The molecule has 0 radical (unpaired) electrons. The molecule has 2 rings (SSSR count). The van der Waals surface area contributed by atoms with Crippen molar-refractivity contribution in [2.24, 2.45) is 11.8 Å². The van der Waals surface area contributed by atoms with Crippen molar-refractivity contribution in [1.29, 1.82) is 0 Å². The van der Waals surface area contributed by atoms with E-state index >= 15 is 0 Å². The van der Waals surface area contributed by atoms with Crippen molar-refractivity contribution in [3.05, 3.63) is 29.8 Å². The van der Waals surface area contributed by atoms with E-state index in [-0.39, 0.29) is 6.10 Å². The Bertz CT molecular complexity index is 377. The highest BCUT2D eigenvalue weighted by atomic mass is 32.2. The number of rotatable bonds is 4. The summed E-state index contributed by atoms with van der Waals surface area (Å²) in [4.78, 5) is 1.31. The van der Waals surface area contributed by atoms with Gasteiger partial charge in [0.2, 0.25) is 0 Å². The summed E-state index contributed by atoms with van der Waals surface area (Å²) in [7, 11) is 0. The first-order valence-electron chi connectivity index (χ1n) is 7.03. The van der Waals surface area contributed by atoms with Gasteiger partial charge in [0.15, 0.2) is 0 Å². The van der Waals surface area contributed by atoms with Crippen molar-refractivity contribution in [2.75, 3.05) is 5.75 Å². The predicted octanol–water partition coefficient (Wildman–Crippen LogP) is 4.27. The summed E-state index contributed by atoms with van der Waals surface area (Å²) in [5.74, 6) is 2.15. The van der Waals surface area contributed by atoms with Crippen LogP contribution in [0, 0.1) is 18.8 Å². The van der Waals surface area contributed by atoms with Crippen LogP contribution in [-0.2, 0) is 0 Å². The zero-order chi connectivity index (χ0) is 13.0. The molecule has 1 aliphatic carbocycles. The van der Waals surface area contributed by atoms with Crippen LogP contribution in [0.25, 0.3) is 0 Å². The van der Waals surface area contributed by atoms with E-state index < -0.39 is 0 Å². The Morgan fingerprint density at radius 3 is 2.83 bits per heavy atom. The van der Waals surface area contributed by atoms with Crippen molar-refractivity contribution >= 4 is 11.8 Å². The summed E-state index contributed by atoms with van der Waals surface area (Å²) in [6, 6.07) is 8.43. The van der Waals surface area contributed by atoms with Crippen LogP contribution in [0.2, 0.25) is 0 Å². The molecule has 1 aliphatic rings. The summed E-state index contributed by atoms with van der Waals surface area (Å²) in [6.07, 6.45) is 4.90. The molecule has 3 atom stereocenters. The minimum Gasteiger partial charge on any atom is -0.392 e. The number of benzene rings is 1. The second kappa shape index (κ2) is 6.63. The highest BCUT2D eigenvalue weighted by Crippen LogP contribution is 2.33. The van der Waals surface area contributed by atoms with E-state index in [0.29, 0.717) is 5.92 Å². The average molecular weight is 264 g/mol. The molecule has 1 N–H and O–H groups in total. The van der Waals surface area contributed by atoms with Crippen molar-refractivity contribution < 1.29 is 5.11 Å². The predicted molar refractivity (Wildman–Crippen MR) is 79.0 cm³/mol. The first-order chi connectivity index (χ1) is 8.66. The summed E-state index contributed by atoms with van der Waals surface area (Å²) in [5.41, 5.74) is 1.31. The maximum atomic E-state index is 10.3. The molecule has 1 saturated carbocycles. The molecule has 100 valence electrons. The second-order valence-corrected chi connectivity index (χ2v) is 6.74. The van der Waals surface area contributed by atoms with Gasteiger partial charge >= 0.3 is 0 Å². The normalized spacial score (nSPS) is 25.9. The van der Waals surface area contributed by atoms with Gasteiger partial charge in [-0.25, -0.2) is 0 Å². The Morgan fingerprint density at radius 1 is 1.33 bits per heavy atom. The number of aliphatic hydroxyl groups excluding tert-OH is 1. The van der Waals surface area contributed by atoms with Gasteiger partial charge in [-0.2, -0.15) is 0 Å². The third-order valence-corrected chi connectivity index (χ3v) is 5.30. The van der Waals surface area contributed by atoms with Gasteiger partial charge in [0.05, 0.1) is 6.10 Å². The Kier molecular flexibility index (Phi) is 5.13. The third kappa shape index (κ3) is 3.76. The molecule has 1 aromatic carbocycles. The van der Waals surface area contributed by atoms with Crippen LogP contribution < -0.4 is 0 Å². The Balaban J connectivity index is 1.84. The summed E-state index contributed by atoms with van der Waals surface area (Å²) >= 11 is 1.80. The van der Waals surface area contributed by atoms with Gasteiger partial charge in [-0.1, -0.05) is 38.0 Å². The van der Waals surface area contributed by atoms with Crippen LogP contribution >= 0.6 is 11.8 Å². The molecule has 18 heavy (non-hydrogen) atoms. The molecule has 0 aromatic heterocycles. The molecule has 0 bridgehead atoms. The van der Waals surface area contributed by atoms with E-state index in [9.17, 15) is 5.11 Å². The van der Waals surface area contributed by atoms with Crippen LogP contribution in [0.15, 0.2) is 29.2 Å². The van der Waals surface area contributed by atoms with Gasteiger partial charge in [0.25, 0.3) is 0 Å². The van der Waals surface area contributed by atoms with E-state index in [4.69, 9.17) is 0 Å². The molecule has 0 saturated heterocycles. The fourth-order valence-electron chi connectivity index (χ4n) is 2.86. The van der Waals surface area contributed by atoms with Crippen LogP contribution in [0.4, 0.5) is 0 Å². The third-order valence-electron chi connectivity index (χ3n) is 4.02. The number of hydrogen-bond donors (Lipinski definition) is 1. The SMILES string of the molecule is Cc1ccccc1SCC(O)C1CCCC(C)C1. The molecule has 1 fully saturated rings. The highest BCUT2D eigenvalue weighted by Gasteiger charge is 2.25. The minimum absolute atomic E-state index is 0.141. The van der Waals surface area contributed by atoms with E-state index in [1.807, 2.05) is 0 Å². The lowest BCUT2D eigenvalue weighted by molar-refractivity contribution is 0.0902. The van der Waals surface area contributed by atoms with Crippen molar-refractivity contribution in [1.82, 2.24) is 0 Å². The Morgan fingerprint density at radius 2 is 2.11 bits per heavy atom. The van der Waals surface area contributed by atoms with Crippen molar-refractivity contribution in [3.63, 3.8) is 0 Å². The van der Waals surface area contributed by atoms with Gasteiger partial charge in [-0.05, 0) is 43.2 Å². The smallest absolute Gasteiger partial charge is 0.0662 e. The fraction of sp³-hybridized carbons (Fsp3) is 0.625. The molecule has 0 spiro atoms. The van der Waals surface area contributed by atoms with Gasteiger partial charge in [-0.3, -0.25) is 0 Å². The molecular weight excluding hydrogens is 240 g/mol. The topological polar surface area (TPSA) is 20.2 Å². The summed E-state index contributed by atoms with van der Waals surface area (Å²) in [6.45, 7) is 4.45. The van der Waals surface area contributed by atoms with Gasteiger partial charge < -0.3 is 5.11 Å². The second-order valence-electron chi connectivity index (χ2n) is 5.68. The van der Waals surface area contributed by atoms with E-state index in [0.717, 1.165) is 11.7 Å². The zero-order valence-electron chi connectivity index (χ0n) is 11.4.